The minimum absolute atomic E-state index is 0.170. The molecule has 0 unspecified atom stereocenters. The molecule has 3 rings (SSSR count). The Bertz CT molecular complexity index is 1140. The third kappa shape index (κ3) is 8.06. The molecule has 1 amide bonds. The number of nitrogens with zero attached hydrogens (tertiary/aromatic N) is 1. The number of thiocarbonyl (C=S) groups is 1. The molecule has 0 saturated carbocycles. The molecule has 2 aromatic rings. The van der Waals surface area contributed by atoms with Gasteiger partial charge in [0, 0.05) is 17.4 Å². The molecule has 6 nitrogen and oxygen atoms in total. The zero-order chi connectivity index (χ0) is 26.1. The quantitative estimate of drug-likeness (QED) is 0.137. The van der Waals surface area contributed by atoms with Gasteiger partial charge >= 0.3 is 5.97 Å². The van der Waals surface area contributed by atoms with E-state index in [1.807, 2.05) is 50.2 Å². The van der Waals surface area contributed by atoms with Crippen LogP contribution in [0.15, 0.2) is 50.2 Å². The van der Waals surface area contributed by atoms with E-state index in [4.69, 9.17) is 26.4 Å². The number of thioether (sulfide) groups is 1. The second kappa shape index (κ2) is 14.2. The lowest BCUT2D eigenvalue weighted by Gasteiger charge is -2.15. The lowest BCUT2D eigenvalue weighted by Crippen LogP contribution is -2.29. The van der Waals surface area contributed by atoms with Crippen LogP contribution >= 0.6 is 55.8 Å². The van der Waals surface area contributed by atoms with Gasteiger partial charge < -0.3 is 14.2 Å². The maximum Gasteiger partial charge on any atom is 0.305 e. The summed E-state index contributed by atoms with van der Waals surface area (Å²) < 4.78 is 19.2. The monoisotopic (exact) mass is 655 g/mol. The van der Waals surface area contributed by atoms with Gasteiger partial charge in [0.05, 0.1) is 22.6 Å². The summed E-state index contributed by atoms with van der Waals surface area (Å²) in [5, 5.41) is 0. The fourth-order valence-electron chi connectivity index (χ4n) is 3.32. The van der Waals surface area contributed by atoms with Crippen LogP contribution in [0.5, 0.6) is 11.5 Å². The number of benzene rings is 2. The molecule has 1 saturated heterocycles. The Hall–Kier alpha value is -1.88. The molecular formula is C26H27Br2NO5S2. The number of halogens is 2. The normalized spacial score (nSPS) is 14.4. The largest absolute Gasteiger partial charge is 0.490 e. The summed E-state index contributed by atoms with van der Waals surface area (Å²) in [6.07, 6.45) is 3.32. The minimum atomic E-state index is -0.256. The van der Waals surface area contributed by atoms with Crippen molar-refractivity contribution in [2.45, 2.75) is 39.7 Å². The second-order valence-corrected chi connectivity index (χ2v) is 11.3. The van der Waals surface area contributed by atoms with Crippen LogP contribution in [0.25, 0.3) is 6.08 Å². The van der Waals surface area contributed by atoms with E-state index >= 15 is 0 Å². The third-order valence-corrected chi connectivity index (χ3v) is 7.52. The van der Waals surface area contributed by atoms with E-state index < -0.39 is 0 Å². The van der Waals surface area contributed by atoms with E-state index in [1.165, 1.54) is 16.7 Å². The lowest BCUT2D eigenvalue weighted by molar-refractivity contribution is -0.144. The van der Waals surface area contributed by atoms with Gasteiger partial charge in [-0.1, -0.05) is 59.0 Å². The Labute approximate surface area is 238 Å². The molecule has 10 heteroatoms. The van der Waals surface area contributed by atoms with Crippen LogP contribution in [-0.4, -0.2) is 40.9 Å². The number of carbonyl (C=O) groups excluding carboxylic acids is 2. The van der Waals surface area contributed by atoms with Gasteiger partial charge in [0.1, 0.15) is 10.9 Å². The van der Waals surface area contributed by atoms with Crippen molar-refractivity contribution in [3.05, 3.63) is 61.4 Å². The Balaban J connectivity index is 1.70. The first kappa shape index (κ1) is 28.7. The Morgan fingerprint density at radius 3 is 2.58 bits per heavy atom. The number of amides is 1. The fourth-order valence-corrected chi connectivity index (χ4v) is 5.47. The Morgan fingerprint density at radius 1 is 1.14 bits per heavy atom. The van der Waals surface area contributed by atoms with Gasteiger partial charge in [-0.3, -0.25) is 14.5 Å². The summed E-state index contributed by atoms with van der Waals surface area (Å²) in [6.45, 7) is 5.49. The van der Waals surface area contributed by atoms with Crippen LogP contribution in [0.4, 0.5) is 0 Å². The highest BCUT2D eigenvalue weighted by atomic mass is 79.9. The molecule has 0 radical (unpaired) electrons. The van der Waals surface area contributed by atoms with Crippen LogP contribution in [-0.2, 0) is 20.9 Å². The van der Waals surface area contributed by atoms with E-state index in [0.717, 1.165) is 26.5 Å². The van der Waals surface area contributed by atoms with Crippen molar-refractivity contribution in [2.24, 2.45) is 0 Å². The van der Waals surface area contributed by atoms with Crippen molar-refractivity contribution in [3.8, 4) is 11.5 Å². The molecule has 0 N–H and O–H groups in total. The van der Waals surface area contributed by atoms with Crippen molar-refractivity contribution in [3.63, 3.8) is 0 Å². The predicted octanol–water partition coefficient (Wildman–Crippen LogP) is 7.12. The average Bonchev–Trinajstić information content (AvgIpc) is 3.10. The highest BCUT2D eigenvalue weighted by Crippen LogP contribution is 2.40. The van der Waals surface area contributed by atoms with Crippen LogP contribution < -0.4 is 9.47 Å². The van der Waals surface area contributed by atoms with E-state index in [2.05, 4.69) is 31.9 Å². The molecule has 1 fully saturated rings. The highest BCUT2D eigenvalue weighted by Gasteiger charge is 2.31. The Kier molecular flexibility index (Phi) is 11.3. The summed E-state index contributed by atoms with van der Waals surface area (Å²) in [6, 6.07) is 11.6. The van der Waals surface area contributed by atoms with Gasteiger partial charge in [-0.15, -0.1) is 0 Å². The van der Waals surface area contributed by atoms with E-state index in [9.17, 15) is 9.59 Å². The summed E-state index contributed by atoms with van der Waals surface area (Å²) in [7, 11) is 0. The summed E-state index contributed by atoms with van der Waals surface area (Å²) in [4.78, 5) is 26.8. The summed E-state index contributed by atoms with van der Waals surface area (Å²) >= 11 is 13.7. The number of esters is 1. The smallest absolute Gasteiger partial charge is 0.305 e. The molecule has 2 aromatic carbocycles. The molecule has 0 aliphatic carbocycles. The number of carbonyl (C=O) groups is 2. The van der Waals surface area contributed by atoms with Gasteiger partial charge in [0.25, 0.3) is 5.91 Å². The van der Waals surface area contributed by atoms with Crippen molar-refractivity contribution < 1.29 is 23.8 Å². The van der Waals surface area contributed by atoms with Gasteiger partial charge in [-0.2, -0.15) is 0 Å². The number of hydrogen-bond acceptors (Lipinski definition) is 7. The first-order chi connectivity index (χ1) is 17.3. The first-order valence-corrected chi connectivity index (χ1v) is 14.4. The molecule has 36 heavy (non-hydrogen) atoms. The zero-order valence-corrected chi connectivity index (χ0v) is 24.9. The second-order valence-electron chi connectivity index (χ2n) is 7.84. The molecule has 1 aliphatic rings. The van der Waals surface area contributed by atoms with Gasteiger partial charge in [0.2, 0.25) is 0 Å². The average molecular weight is 657 g/mol. The molecule has 0 spiro atoms. The SMILES string of the molecule is CCCOC(=O)CCCN1C(=O)/C(=C\c2cc(Br)c(OCc3ccc(Br)cc3)c(OCC)c2)SC1=S. The molecule has 0 atom stereocenters. The van der Waals surface area contributed by atoms with Gasteiger partial charge in [-0.05, 0) is 77.2 Å². The van der Waals surface area contributed by atoms with Crippen LogP contribution in [0, 0.1) is 0 Å². The highest BCUT2D eigenvalue weighted by molar-refractivity contribution is 9.10. The molecule has 0 bridgehead atoms. The van der Waals surface area contributed by atoms with Crippen molar-refractivity contribution in [1.82, 2.24) is 4.90 Å². The molecule has 192 valence electrons. The zero-order valence-electron chi connectivity index (χ0n) is 20.1. The van der Waals surface area contributed by atoms with Crippen LogP contribution in [0.3, 0.4) is 0 Å². The van der Waals surface area contributed by atoms with E-state index in [-0.39, 0.29) is 18.3 Å². The molecular weight excluding hydrogens is 630 g/mol. The van der Waals surface area contributed by atoms with E-state index in [0.29, 0.717) is 53.5 Å². The van der Waals surface area contributed by atoms with Crippen LogP contribution in [0.1, 0.15) is 44.2 Å². The van der Waals surface area contributed by atoms with Crippen LogP contribution in [0.2, 0.25) is 0 Å². The fraction of sp³-hybridized carbons (Fsp3) is 0.346. The van der Waals surface area contributed by atoms with Crippen molar-refractivity contribution in [2.75, 3.05) is 19.8 Å². The summed E-state index contributed by atoms with van der Waals surface area (Å²) in [5.41, 5.74) is 1.81. The Morgan fingerprint density at radius 2 is 1.89 bits per heavy atom. The van der Waals surface area contributed by atoms with Gasteiger partial charge in [-0.25, -0.2) is 0 Å². The maximum atomic E-state index is 13.0. The number of hydrogen-bond donors (Lipinski definition) is 0. The number of rotatable bonds is 12. The van der Waals surface area contributed by atoms with Crippen molar-refractivity contribution >= 4 is 78.1 Å². The van der Waals surface area contributed by atoms with E-state index in [1.54, 1.807) is 6.08 Å². The lowest BCUT2D eigenvalue weighted by atomic mass is 10.1. The predicted molar refractivity (Wildman–Crippen MR) is 154 cm³/mol. The summed E-state index contributed by atoms with van der Waals surface area (Å²) in [5.74, 6) is 0.751. The third-order valence-electron chi connectivity index (χ3n) is 5.03. The topological polar surface area (TPSA) is 65.1 Å². The molecule has 0 aromatic heterocycles. The number of ether oxygens (including phenoxy) is 3. The minimum Gasteiger partial charge on any atom is -0.490 e. The van der Waals surface area contributed by atoms with Gasteiger partial charge in [0.15, 0.2) is 11.5 Å². The molecule has 1 aliphatic heterocycles. The standard InChI is InChI=1S/C26H27Br2NO5S2/c1-3-12-33-23(30)6-5-11-29-25(31)22(36-26(29)35)15-18-13-20(28)24(21(14-18)32-4-2)34-16-17-7-9-19(27)10-8-17/h7-10,13-15H,3-6,11-12,16H2,1-2H3/b22-15+. The first-order valence-electron chi connectivity index (χ1n) is 11.6. The van der Waals surface area contributed by atoms with Crippen molar-refractivity contribution in [1.29, 1.82) is 0 Å². The molecule has 1 heterocycles. The maximum absolute atomic E-state index is 13.0.